The summed E-state index contributed by atoms with van der Waals surface area (Å²) in [5.41, 5.74) is 11.4. The van der Waals surface area contributed by atoms with Crippen molar-refractivity contribution in [2.45, 2.75) is 6.54 Å². The third-order valence-electron chi connectivity index (χ3n) is 2.96. The number of rotatable bonds is 3. The molecule has 21 heavy (non-hydrogen) atoms. The number of thiazole rings is 1. The third-order valence-corrected chi connectivity index (χ3v) is 3.83. The minimum absolute atomic E-state index is 0.0865. The molecule has 0 atom stereocenters. The maximum Gasteiger partial charge on any atom is 0.261 e. The van der Waals surface area contributed by atoms with Gasteiger partial charge in [-0.15, -0.1) is 0 Å². The van der Waals surface area contributed by atoms with E-state index in [1.54, 1.807) is 30.5 Å². The molecule has 3 rings (SSSR count). The number of hydrogen-bond donors (Lipinski definition) is 2. The van der Waals surface area contributed by atoms with E-state index in [0.29, 0.717) is 16.3 Å². The zero-order chi connectivity index (χ0) is 15.0. The van der Waals surface area contributed by atoms with Crippen molar-refractivity contribution >= 4 is 34.2 Å². The summed E-state index contributed by atoms with van der Waals surface area (Å²) in [7, 11) is 0. The summed E-state index contributed by atoms with van der Waals surface area (Å²) in [6.07, 6.45) is 1.55. The minimum Gasteiger partial charge on any atom is -0.370 e. The Morgan fingerprint density at radius 2 is 1.81 bits per heavy atom. The molecule has 1 aliphatic rings. The number of aliphatic imine (C=N–C) groups is 1. The fourth-order valence-electron chi connectivity index (χ4n) is 2.07. The maximum atomic E-state index is 12.2. The van der Waals surface area contributed by atoms with Gasteiger partial charge in [-0.2, -0.15) is 4.99 Å². The van der Waals surface area contributed by atoms with Gasteiger partial charge in [0.15, 0.2) is 5.96 Å². The molecule has 7 nitrogen and oxygen atoms in total. The Morgan fingerprint density at radius 3 is 2.38 bits per heavy atom. The van der Waals surface area contributed by atoms with Gasteiger partial charge in [0.2, 0.25) is 5.13 Å². The normalized spacial score (nSPS) is 13.4. The Balaban J connectivity index is 1.84. The maximum absolute atomic E-state index is 12.2. The molecule has 1 aromatic heterocycles. The minimum atomic E-state index is -0.299. The van der Waals surface area contributed by atoms with E-state index in [9.17, 15) is 9.59 Å². The Labute approximate surface area is 123 Å². The first-order valence-electron chi connectivity index (χ1n) is 6.06. The number of aromatic nitrogens is 1. The molecule has 0 bridgehead atoms. The topological polar surface area (TPSA) is 115 Å². The van der Waals surface area contributed by atoms with Gasteiger partial charge < -0.3 is 11.5 Å². The summed E-state index contributed by atoms with van der Waals surface area (Å²) in [5, 5.41) is 0.390. The van der Waals surface area contributed by atoms with Gasteiger partial charge in [-0.25, -0.2) is 4.98 Å². The Hall–Kier alpha value is -2.74. The molecule has 2 aromatic rings. The second kappa shape index (κ2) is 4.98. The Morgan fingerprint density at radius 1 is 1.19 bits per heavy atom. The van der Waals surface area contributed by atoms with Crippen LogP contribution in [-0.4, -0.2) is 27.7 Å². The van der Waals surface area contributed by atoms with Gasteiger partial charge in [0, 0.05) is 11.1 Å². The fourth-order valence-corrected chi connectivity index (χ4v) is 2.86. The molecule has 8 heteroatoms. The number of fused-ring (bicyclic) bond motifs is 1. The Kier molecular flexibility index (Phi) is 3.15. The van der Waals surface area contributed by atoms with Gasteiger partial charge in [0.25, 0.3) is 11.8 Å². The van der Waals surface area contributed by atoms with Crippen LogP contribution in [-0.2, 0) is 6.54 Å². The van der Waals surface area contributed by atoms with Crippen molar-refractivity contribution in [2.75, 3.05) is 0 Å². The van der Waals surface area contributed by atoms with Crippen LogP contribution in [0.25, 0.3) is 0 Å². The fraction of sp³-hybridized carbons (Fsp3) is 0.0769. The zero-order valence-corrected chi connectivity index (χ0v) is 11.6. The third kappa shape index (κ3) is 2.36. The highest BCUT2D eigenvalue weighted by Gasteiger charge is 2.35. The summed E-state index contributed by atoms with van der Waals surface area (Å²) in [6.45, 7) is 0.157. The molecule has 4 N–H and O–H groups in total. The van der Waals surface area contributed by atoms with Crippen LogP contribution in [0.15, 0.2) is 35.5 Å². The summed E-state index contributed by atoms with van der Waals surface area (Å²) in [6, 6.07) is 6.76. The van der Waals surface area contributed by atoms with E-state index in [0.717, 1.165) is 4.88 Å². The molecule has 1 aliphatic heterocycles. The molecular weight excluding hydrogens is 290 g/mol. The lowest BCUT2D eigenvalue weighted by Crippen LogP contribution is -2.28. The first kappa shape index (κ1) is 13.3. The first-order valence-corrected chi connectivity index (χ1v) is 6.87. The molecule has 1 aromatic carbocycles. The average molecular weight is 301 g/mol. The molecule has 2 heterocycles. The van der Waals surface area contributed by atoms with Crippen molar-refractivity contribution in [2.24, 2.45) is 16.5 Å². The van der Waals surface area contributed by atoms with E-state index in [-0.39, 0.29) is 24.3 Å². The van der Waals surface area contributed by atoms with Crippen molar-refractivity contribution in [3.63, 3.8) is 0 Å². The zero-order valence-electron chi connectivity index (χ0n) is 10.8. The number of nitrogens with zero attached hydrogens (tertiary/aromatic N) is 3. The van der Waals surface area contributed by atoms with E-state index in [4.69, 9.17) is 11.5 Å². The Bertz CT molecular complexity index is 728. The van der Waals surface area contributed by atoms with Crippen molar-refractivity contribution < 1.29 is 9.59 Å². The van der Waals surface area contributed by atoms with Crippen LogP contribution < -0.4 is 11.5 Å². The predicted molar refractivity (Wildman–Crippen MR) is 78.2 cm³/mol. The molecular formula is C13H11N5O2S. The lowest BCUT2D eigenvalue weighted by atomic mass is 10.1. The average Bonchev–Trinajstić information content (AvgIpc) is 2.98. The summed E-state index contributed by atoms with van der Waals surface area (Å²) < 4.78 is 0. The first-order chi connectivity index (χ1) is 10.1. The quantitative estimate of drug-likeness (QED) is 0.495. The summed E-state index contributed by atoms with van der Waals surface area (Å²) in [5.74, 6) is -0.684. The highest BCUT2D eigenvalue weighted by atomic mass is 32.1. The van der Waals surface area contributed by atoms with Crippen molar-refractivity contribution in [1.82, 2.24) is 9.88 Å². The van der Waals surface area contributed by atoms with E-state index in [1.165, 1.54) is 16.2 Å². The highest BCUT2D eigenvalue weighted by Crippen LogP contribution is 2.27. The largest absolute Gasteiger partial charge is 0.370 e. The number of amides is 2. The van der Waals surface area contributed by atoms with E-state index in [2.05, 4.69) is 9.98 Å². The number of imide groups is 1. The van der Waals surface area contributed by atoms with Crippen LogP contribution in [0.5, 0.6) is 0 Å². The van der Waals surface area contributed by atoms with Gasteiger partial charge in [-0.05, 0) is 12.1 Å². The van der Waals surface area contributed by atoms with Gasteiger partial charge in [0.1, 0.15) is 0 Å². The molecule has 0 fully saturated rings. The van der Waals surface area contributed by atoms with Crippen LogP contribution in [0.4, 0.5) is 5.13 Å². The van der Waals surface area contributed by atoms with Crippen LogP contribution in [0.1, 0.15) is 25.6 Å². The van der Waals surface area contributed by atoms with Crippen LogP contribution in [0.3, 0.4) is 0 Å². The smallest absolute Gasteiger partial charge is 0.261 e. The van der Waals surface area contributed by atoms with Crippen molar-refractivity contribution in [1.29, 1.82) is 0 Å². The van der Waals surface area contributed by atoms with E-state index < -0.39 is 0 Å². The predicted octanol–water partition coefficient (Wildman–Crippen LogP) is 0.844. The molecule has 2 amide bonds. The van der Waals surface area contributed by atoms with Gasteiger partial charge in [0.05, 0.1) is 17.7 Å². The van der Waals surface area contributed by atoms with Crippen molar-refractivity contribution in [3.05, 3.63) is 46.5 Å². The lowest BCUT2D eigenvalue weighted by molar-refractivity contribution is 0.0644. The number of guanidine groups is 1. The van der Waals surface area contributed by atoms with E-state index >= 15 is 0 Å². The molecule has 0 radical (unpaired) electrons. The van der Waals surface area contributed by atoms with Gasteiger partial charge >= 0.3 is 0 Å². The standard InChI is InChI=1S/C13H11N5O2S/c14-12(15)17-13-16-5-7(21-13)6-18-10(19)8-3-1-2-4-9(8)11(18)20/h1-5H,6H2,(H4,14,15,16,17). The number of carbonyl (C=O) groups excluding carboxylic acids is 2. The number of hydrogen-bond acceptors (Lipinski definition) is 5. The van der Waals surface area contributed by atoms with Gasteiger partial charge in [-0.3, -0.25) is 14.5 Å². The second-order valence-electron chi connectivity index (χ2n) is 4.39. The molecule has 106 valence electrons. The van der Waals surface area contributed by atoms with Crippen LogP contribution >= 0.6 is 11.3 Å². The van der Waals surface area contributed by atoms with Crippen molar-refractivity contribution in [3.8, 4) is 0 Å². The van der Waals surface area contributed by atoms with Crippen LogP contribution in [0, 0.1) is 0 Å². The molecule has 0 spiro atoms. The van der Waals surface area contributed by atoms with Crippen LogP contribution in [0.2, 0.25) is 0 Å². The summed E-state index contributed by atoms with van der Waals surface area (Å²) >= 11 is 1.23. The molecule has 0 aliphatic carbocycles. The summed E-state index contributed by atoms with van der Waals surface area (Å²) in [4.78, 5) is 34.2. The highest BCUT2D eigenvalue weighted by molar-refractivity contribution is 7.15. The molecule has 0 unspecified atom stereocenters. The number of benzene rings is 1. The number of nitrogens with two attached hydrogens (primary N) is 2. The monoisotopic (exact) mass is 301 g/mol. The lowest BCUT2D eigenvalue weighted by Gasteiger charge is -2.11. The second-order valence-corrected chi connectivity index (χ2v) is 5.48. The number of carbonyl (C=O) groups is 2. The SMILES string of the molecule is NC(N)=Nc1ncc(CN2C(=O)c3ccccc3C2=O)s1. The van der Waals surface area contributed by atoms with Gasteiger partial charge in [-0.1, -0.05) is 23.5 Å². The molecule has 0 saturated heterocycles. The van der Waals surface area contributed by atoms with E-state index in [1.807, 2.05) is 0 Å². The molecule has 0 saturated carbocycles.